The van der Waals surface area contributed by atoms with Crippen molar-refractivity contribution in [3.63, 3.8) is 0 Å². The molecule has 16 heavy (non-hydrogen) atoms. The maximum Gasteiger partial charge on any atom is 0.0634 e. The van der Waals surface area contributed by atoms with Crippen molar-refractivity contribution >= 4 is 0 Å². The maximum absolute atomic E-state index is 5.76. The first-order chi connectivity index (χ1) is 7.53. The van der Waals surface area contributed by atoms with Gasteiger partial charge in [-0.25, -0.2) is 0 Å². The fourth-order valence-electron chi connectivity index (χ4n) is 1.88. The molecule has 0 radical (unpaired) electrons. The SMILES string of the molecule is CNCC1COCCN1CCOC(C)(C)C. The monoisotopic (exact) mass is 230 g/mol. The normalized spacial score (nSPS) is 23.6. The molecule has 0 aromatic carbocycles. The number of likely N-dealkylation sites (N-methyl/N-ethyl adjacent to an activating group) is 1. The molecule has 1 unspecified atom stereocenters. The van der Waals surface area contributed by atoms with Crippen LogP contribution in [0.25, 0.3) is 0 Å². The number of nitrogens with one attached hydrogen (secondary N) is 1. The second kappa shape index (κ2) is 6.55. The van der Waals surface area contributed by atoms with Gasteiger partial charge in [-0.05, 0) is 27.8 Å². The highest BCUT2D eigenvalue weighted by Crippen LogP contribution is 2.09. The van der Waals surface area contributed by atoms with E-state index in [1.54, 1.807) is 0 Å². The Labute approximate surface area is 99.3 Å². The molecule has 0 spiro atoms. The van der Waals surface area contributed by atoms with E-state index >= 15 is 0 Å². The highest BCUT2D eigenvalue weighted by molar-refractivity contribution is 4.76. The van der Waals surface area contributed by atoms with Crippen LogP contribution in [-0.4, -0.2) is 63.0 Å². The van der Waals surface area contributed by atoms with Crippen LogP contribution in [0.1, 0.15) is 20.8 Å². The van der Waals surface area contributed by atoms with Gasteiger partial charge in [-0.1, -0.05) is 0 Å². The summed E-state index contributed by atoms with van der Waals surface area (Å²) in [5.74, 6) is 0. The molecular weight excluding hydrogens is 204 g/mol. The lowest BCUT2D eigenvalue weighted by Gasteiger charge is -2.36. The molecule has 4 heteroatoms. The zero-order chi connectivity index (χ0) is 12.0. The fourth-order valence-corrected chi connectivity index (χ4v) is 1.88. The maximum atomic E-state index is 5.76. The topological polar surface area (TPSA) is 33.7 Å². The third-order valence-electron chi connectivity index (χ3n) is 2.70. The van der Waals surface area contributed by atoms with E-state index in [-0.39, 0.29) is 5.60 Å². The van der Waals surface area contributed by atoms with Gasteiger partial charge in [0.15, 0.2) is 0 Å². The molecule has 1 heterocycles. The number of ether oxygens (including phenoxy) is 2. The lowest BCUT2D eigenvalue weighted by Crippen LogP contribution is -2.51. The average molecular weight is 230 g/mol. The van der Waals surface area contributed by atoms with Crippen LogP contribution in [0, 0.1) is 0 Å². The van der Waals surface area contributed by atoms with E-state index in [9.17, 15) is 0 Å². The number of nitrogens with zero attached hydrogens (tertiary/aromatic N) is 1. The summed E-state index contributed by atoms with van der Waals surface area (Å²) in [6.45, 7) is 11.7. The van der Waals surface area contributed by atoms with Crippen LogP contribution in [0.5, 0.6) is 0 Å². The molecule has 1 fully saturated rings. The Morgan fingerprint density at radius 3 is 2.81 bits per heavy atom. The molecular formula is C12H26N2O2. The van der Waals surface area contributed by atoms with Gasteiger partial charge in [0.25, 0.3) is 0 Å². The fraction of sp³-hybridized carbons (Fsp3) is 1.00. The van der Waals surface area contributed by atoms with E-state index in [4.69, 9.17) is 9.47 Å². The first-order valence-electron chi connectivity index (χ1n) is 6.13. The second-order valence-electron chi connectivity index (χ2n) is 5.28. The van der Waals surface area contributed by atoms with Crippen LogP contribution in [0.15, 0.2) is 0 Å². The van der Waals surface area contributed by atoms with Gasteiger partial charge in [0.2, 0.25) is 0 Å². The van der Waals surface area contributed by atoms with E-state index in [0.717, 1.165) is 39.5 Å². The molecule has 1 aliphatic rings. The molecule has 1 saturated heterocycles. The van der Waals surface area contributed by atoms with Gasteiger partial charge < -0.3 is 14.8 Å². The molecule has 4 nitrogen and oxygen atoms in total. The number of rotatable bonds is 5. The average Bonchev–Trinajstić information content (AvgIpc) is 2.19. The molecule has 1 N–H and O–H groups in total. The number of hydrogen-bond donors (Lipinski definition) is 1. The summed E-state index contributed by atoms with van der Waals surface area (Å²) in [6, 6.07) is 0.488. The molecule has 0 aromatic heterocycles. The van der Waals surface area contributed by atoms with Crippen molar-refractivity contribution in [1.29, 1.82) is 0 Å². The van der Waals surface area contributed by atoms with E-state index in [1.165, 1.54) is 0 Å². The van der Waals surface area contributed by atoms with E-state index < -0.39 is 0 Å². The Kier molecular flexibility index (Phi) is 5.69. The predicted molar refractivity (Wildman–Crippen MR) is 65.8 cm³/mol. The van der Waals surface area contributed by atoms with E-state index in [0.29, 0.717) is 6.04 Å². The van der Waals surface area contributed by atoms with Crippen LogP contribution >= 0.6 is 0 Å². The molecule has 0 aliphatic carbocycles. The van der Waals surface area contributed by atoms with E-state index in [1.807, 2.05) is 7.05 Å². The Morgan fingerprint density at radius 2 is 2.19 bits per heavy atom. The second-order valence-corrected chi connectivity index (χ2v) is 5.28. The quantitative estimate of drug-likeness (QED) is 0.754. The molecule has 0 aromatic rings. The van der Waals surface area contributed by atoms with Crippen molar-refractivity contribution in [3.8, 4) is 0 Å². The highest BCUT2D eigenvalue weighted by Gasteiger charge is 2.22. The van der Waals surface area contributed by atoms with Gasteiger partial charge in [-0.3, -0.25) is 4.90 Å². The summed E-state index contributed by atoms with van der Waals surface area (Å²) in [6.07, 6.45) is 0. The molecule has 1 aliphatic heterocycles. The van der Waals surface area contributed by atoms with Crippen molar-refractivity contribution < 1.29 is 9.47 Å². The van der Waals surface area contributed by atoms with E-state index in [2.05, 4.69) is 31.0 Å². The Hall–Kier alpha value is -0.160. The minimum absolute atomic E-state index is 0.0369. The molecule has 1 rings (SSSR count). The summed E-state index contributed by atoms with van der Waals surface area (Å²) in [7, 11) is 1.98. The van der Waals surface area contributed by atoms with Gasteiger partial charge >= 0.3 is 0 Å². The number of hydrogen-bond acceptors (Lipinski definition) is 4. The Balaban J connectivity index is 2.27. The van der Waals surface area contributed by atoms with Crippen molar-refractivity contribution in [2.75, 3.05) is 46.5 Å². The summed E-state index contributed by atoms with van der Waals surface area (Å²) in [4.78, 5) is 2.45. The van der Waals surface area contributed by atoms with Crippen molar-refractivity contribution in [1.82, 2.24) is 10.2 Å². The first kappa shape index (κ1) is 13.9. The zero-order valence-corrected chi connectivity index (χ0v) is 11.1. The third-order valence-corrected chi connectivity index (χ3v) is 2.70. The standard InChI is InChI=1S/C12H26N2O2/c1-12(2,3)16-8-6-14-5-7-15-10-11(14)9-13-4/h11,13H,5-10H2,1-4H3. The Bertz CT molecular complexity index is 190. The van der Waals surface area contributed by atoms with Crippen LogP contribution in [0.4, 0.5) is 0 Å². The largest absolute Gasteiger partial charge is 0.378 e. The van der Waals surface area contributed by atoms with Gasteiger partial charge in [0.05, 0.1) is 25.4 Å². The lowest BCUT2D eigenvalue weighted by atomic mass is 10.2. The van der Waals surface area contributed by atoms with Gasteiger partial charge in [0, 0.05) is 25.7 Å². The molecule has 0 saturated carbocycles. The van der Waals surface area contributed by atoms with Crippen LogP contribution < -0.4 is 5.32 Å². The first-order valence-corrected chi connectivity index (χ1v) is 6.13. The smallest absolute Gasteiger partial charge is 0.0634 e. The summed E-state index contributed by atoms with van der Waals surface area (Å²) in [5.41, 5.74) is -0.0369. The minimum Gasteiger partial charge on any atom is -0.378 e. The third kappa shape index (κ3) is 5.25. The molecule has 0 bridgehead atoms. The van der Waals surface area contributed by atoms with Crippen molar-refractivity contribution in [3.05, 3.63) is 0 Å². The highest BCUT2D eigenvalue weighted by atomic mass is 16.5. The van der Waals surface area contributed by atoms with Gasteiger partial charge in [-0.2, -0.15) is 0 Å². The minimum atomic E-state index is -0.0369. The molecule has 1 atom stereocenters. The van der Waals surface area contributed by atoms with Gasteiger partial charge in [0.1, 0.15) is 0 Å². The van der Waals surface area contributed by atoms with Gasteiger partial charge in [-0.15, -0.1) is 0 Å². The van der Waals surface area contributed by atoms with Crippen LogP contribution in [0.2, 0.25) is 0 Å². The summed E-state index contributed by atoms with van der Waals surface area (Å²) >= 11 is 0. The van der Waals surface area contributed by atoms with Crippen LogP contribution in [-0.2, 0) is 9.47 Å². The number of morpholine rings is 1. The molecule has 0 amide bonds. The molecule has 96 valence electrons. The van der Waals surface area contributed by atoms with Crippen molar-refractivity contribution in [2.45, 2.75) is 32.4 Å². The van der Waals surface area contributed by atoms with Crippen LogP contribution in [0.3, 0.4) is 0 Å². The lowest BCUT2D eigenvalue weighted by molar-refractivity contribution is -0.0470. The Morgan fingerprint density at radius 1 is 1.44 bits per heavy atom. The predicted octanol–water partition coefficient (Wildman–Crippen LogP) is 0.722. The summed E-state index contributed by atoms with van der Waals surface area (Å²) < 4.78 is 11.2. The zero-order valence-electron chi connectivity index (χ0n) is 11.1. The van der Waals surface area contributed by atoms with Crippen molar-refractivity contribution in [2.24, 2.45) is 0 Å². The summed E-state index contributed by atoms with van der Waals surface area (Å²) in [5, 5.41) is 3.21.